The molecule has 5 rings (SSSR count). The molecule has 124 valence electrons. The van der Waals surface area contributed by atoms with Gasteiger partial charge >= 0.3 is 0 Å². The van der Waals surface area contributed by atoms with Crippen LogP contribution in [0.15, 0.2) is 88.1 Å². The lowest BCUT2D eigenvalue weighted by Gasteiger charge is -2.11. The smallest absolute Gasteiger partial charge is 0.200 e. The molecule has 0 atom stereocenters. The van der Waals surface area contributed by atoms with E-state index in [4.69, 9.17) is 16.0 Å². The van der Waals surface area contributed by atoms with E-state index < -0.39 is 0 Å². The first-order valence-electron chi connectivity index (χ1n) is 8.35. The summed E-state index contributed by atoms with van der Waals surface area (Å²) in [6, 6.07) is 24.9. The van der Waals surface area contributed by atoms with Gasteiger partial charge < -0.3 is 4.42 Å². The van der Waals surface area contributed by atoms with Gasteiger partial charge in [-0.15, -0.1) is 0 Å². The predicted octanol–water partition coefficient (Wildman–Crippen LogP) is 6.42. The van der Waals surface area contributed by atoms with E-state index in [2.05, 4.69) is 0 Å². The Labute approximate surface area is 154 Å². The first-order valence-corrected chi connectivity index (χ1v) is 8.73. The van der Waals surface area contributed by atoms with Crippen LogP contribution in [0.3, 0.4) is 0 Å². The largest absolute Gasteiger partial charge is 0.455 e. The molecule has 0 fully saturated rings. The van der Waals surface area contributed by atoms with Crippen molar-refractivity contribution in [3.63, 3.8) is 0 Å². The molecule has 0 spiro atoms. The van der Waals surface area contributed by atoms with Crippen molar-refractivity contribution < 1.29 is 4.42 Å². The Bertz CT molecular complexity index is 1350. The maximum atomic E-state index is 13.1. The fraction of sp³-hybridized carbons (Fsp3) is 0. The van der Waals surface area contributed by atoms with Gasteiger partial charge in [0.05, 0.1) is 10.8 Å². The van der Waals surface area contributed by atoms with Crippen molar-refractivity contribution in [1.82, 2.24) is 0 Å². The highest BCUT2D eigenvalue weighted by atomic mass is 35.5. The average molecular weight is 357 g/mol. The van der Waals surface area contributed by atoms with Crippen LogP contribution in [0.25, 0.3) is 43.8 Å². The van der Waals surface area contributed by atoms with E-state index in [1.807, 2.05) is 72.8 Å². The first kappa shape index (κ1) is 15.2. The molecular formula is C23H13ClO2. The summed E-state index contributed by atoms with van der Waals surface area (Å²) in [4.78, 5) is 13.1. The van der Waals surface area contributed by atoms with Gasteiger partial charge in [0.2, 0.25) is 5.43 Å². The zero-order valence-electron chi connectivity index (χ0n) is 13.7. The monoisotopic (exact) mass is 356 g/mol. The lowest BCUT2D eigenvalue weighted by molar-refractivity contribution is 0.664. The fourth-order valence-electron chi connectivity index (χ4n) is 3.50. The van der Waals surface area contributed by atoms with E-state index in [-0.39, 0.29) is 5.43 Å². The van der Waals surface area contributed by atoms with Crippen molar-refractivity contribution in [3.8, 4) is 11.1 Å². The second kappa shape index (κ2) is 5.72. The molecule has 1 aromatic heterocycles. The minimum absolute atomic E-state index is 0.0177. The van der Waals surface area contributed by atoms with Crippen molar-refractivity contribution in [2.75, 3.05) is 0 Å². The summed E-state index contributed by atoms with van der Waals surface area (Å²) in [6.45, 7) is 0. The van der Waals surface area contributed by atoms with Crippen molar-refractivity contribution >= 4 is 44.3 Å². The Morgan fingerprint density at radius 1 is 0.692 bits per heavy atom. The second-order valence-corrected chi connectivity index (χ2v) is 6.72. The van der Waals surface area contributed by atoms with E-state index in [0.717, 1.165) is 21.9 Å². The summed E-state index contributed by atoms with van der Waals surface area (Å²) in [7, 11) is 0. The van der Waals surface area contributed by atoms with Crippen LogP contribution in [-0.2, 0) is 0 Å². The molecule has 0 amide bonds. The number of benzene rings is 4. The molecule has 0 aliphatic heterocycles. The third kappa shape index (κ3) is 2.23. The van der Waals surface area contributed by atoms with Crippen LogP contribution in [0.1, 0.15) is 0 Å². The Morgan fingerprint density at radius 2 is 1.46 bits per heavy atom. The van der Waals surface area contributed by atoms with Crippen LogP contribution < -0.4 is 5.43 Å². The topological polar surface area (TPSA) is 30.2 Å². The Balaban J connectivity index is 2.04. The van der Waals surface area contributed by atoms with Gasteiger partial charge in [0.15, 0.2) is 0 Å². The molecule has 0 aliphatic carbocycles. The normalized spacial score (nSPS) is 11.4. The van der Waals surface area contributed by atoms with Crippen molar-refractivity contribution in [1.29, 1.82) is 0 Å². The van der Waals surface area contributed by atoms with E-state index in [9.17, 15) is 4.79 Å². The highest BCUT2D eigenvalue weighted by molar-refractivity contribution is 6.32. The Kier molecular flexibility index (Phi) is 3.34. The summed E-state index contributed by atoms with van der Waals surface area (Å²) in [5.74, 6) is 0. The SMILES string of the molecule is O=c1c2ccccc2oc2c1cc(-c1ccccc1)c1cc(Cl)ccc12. The minimum Gasteiger partial charge on any atom is -0.455 e. The highest BCUT2D eigenvalue weighted by Gasteiger charge is 2.15. The number of fused-ring (bicyclic) bond motifs is 4. The molecule has 26 heavy (non-hydrogen) atoms. The highest BCUT2D eigenvalue weighted by Crippen LogP contribution is 2.36. The van der Waals surface area contributed by atoms with Gasteiger partial charge in [-0.25, -0.2) is 0 Å². The molecule has 0 radical (unpaired) electrons. The molecule has 5 aromatic rings. The van der Waals surface area contributed by atoms with Crippen LogP contribution >= 0.6 is 11.6 Å². The van der Waals surface area contributed by atoms with E-state index in [0.29, 0.717) is 27.0 Å². The number of rotatable bonds is 1. The molecule has 0 bridgehead atoms. The molecule has 2 nitrogen and oxygen atoms in total. The quantitative estimate of drug-likeness (QED) is 0.256. The standard InChI is InChI=1S/C23H13ClO2/c24-15-10-11-16-19(12-15)18(14-6-2-1-3-7-14)13-20-22(25)17-8-4-5-9-21(17)26-23(16)20/h1-13H. The van der Waals surface area contributed by atoms with Crippen LogP contribution in [0, 0.1) is 0 Å². The van der Waals surface area contributed by atoms with Crippen molar-refractivity contribution in [3.05, 3.63) is 94.1 Å². The molecule has 0 saturated carbocycles. The van der Waals surface area contributed by atoms with E-state index in [1.165, 1.54) is 0 Å². The van der Waals surface area contributed by atoms with Gasteiger partial charge in [0.25, 0.3) is 0 Å². The number of para-hydroxylation sites is 1. The molecule has 0 N–H and O–H groups in total. The summed E-state index contributed by atoms with van der Waals surface area (Å²) >= 11 is 6.26. The molecule has 3 heteroatoms. The molecule has 0 saturated heterocycles. The minimum atomic E-state index is -0.0177. The van der Waals surface area contributed by atoms with Crippen LogP contribution in [-0.4, -0.2) is 0 Å². The molecule has 0 aliphatic rings. The average Bonchev–Trinajstić information content (AvgIpc) is 2.68. The van der Waals surface area contributed by atoms with E-state index in [1.54, 1.807) is 6.07 Å². The third-order valence-corrected chi connectivity index (χ3v) is 4.96. The molecule has 4 aromatic carbocycles. The number of halogens is 1. The first-order chi connectivity index (χ1) is 12.7. The second-order valence-electron chi connectivity index (χ2n) is 6.28. The number of hydrogen-bond donors (Lipinski definition) is 0. The summed E-state index contributed by atoms with van der Waals surface area (Å²) < 4.78 is 6.13. The fourth-order valence-corrected chi connectivity index (χ4v) is 3.68. The Morgan fingerprint density at radius 3 is 2.31 bits per heavy atom. The zero-order chi connectivity index (χ0) is 17.7. The van der Waals surface area contributed by atoms with Gasteiger partial charge in [-0.2, -0.15) is 0 Å². The zero-order valence-corrected chi connectivity index (χ0v) is 14.5. The summed E-state index contributed by atoms with van der Waals surface area (Å²) in [6.07, 6.45) is 0. The molecular weight excluding hydrogens is 344 g/mol. The van der Waals surface area contributed by atoms with Crippen LogP contribution in [0.4, 0.5) is 0 Å². The van der Waals surface area contributed by atoms with Gasteiger partial charge in [0, 0.05) is 10.4 Å². The summed E-state index contributed by atoms with van der Waals surface area (Å²) in [5.41, 5.74) is 3.18. The van der Waals surface area contributed by atoms with Crippen molar-refractivity contribution in [2.24, 2.45) is 0 Å². The van der Waals surface area contributed by atoms with Crippen LogP contribution in [0.2, 0.25) is 5.02 Å². The molecule has 0 unspecified atom stereocenters. The maximum Gasteiger partial charge on any atom is 0.200 e. The van der Waals surface area contributed by atoms with Crippen LogP contribution in [0.5, 0.6) is 0 Å². The predicted molar refractivity (Wildman–Crippen MR) is 108 cm³/mol. The summed E-state index contributed by atoms with van der Waals surface area (Å²) in [5, 5.41) is 3.67. The van der Waals surface area contributed by atoms with Gasteiger partial charge in [-0.05, 0) is 52.9 Å². The lowest BCUT2D eigenvalue weighted by atomic mass is 9.95. The van der Waals surface area contributed by atoms with E-state index >= 15 is 0 Å². The van der Waals surface area contributed by atoms with Gasteiger partial charge in [0.1, 0.15) is 11.2 Å². The van der Waals surface area contributed by atoms with Crippen molar-refractivity contribution in [2.45, 2.75) is 0 Å². The lowest BCUT2D eigenvalue weighted by Crippen LogP contribution is -2.02. The van der Waals surface area contributed by atoms with Gasteiger partial charge in [-0.3, -0.25) is 4.79 Å². The third-order valence-electron chi connectivity index (χ3n) is 4.72. The molecule has 1 heterocycles. The van der Waals surface area contributed by atoms with Gasteiger partial charge in [-0.1, -0.05) is 54.1 Å². The Hall–Kier alpha value is -3.10. The number of hydrogen-bond acceptors (Lipinski definition) is 2. The maximum absolute atomic E-state index is 13.1.